The third-order valence-corrected chi connectivity index (χ3v) is 3.90. The summed E-state index contributed by atoms with van der Waals surface area (Å²) in [6.45, 7) is 1.00. The number of rotatable bonds is 7. The maximum absolute atomic E-state index is 9.19. The van der Waals surface area contributed by atoms with Gasteiger partial charge in [-0.1, -0.05) is 18.2 Å². The zero-order chi connectivity index (χ0) is 14.2. The number of hydrogen-bond acceptors (Lipinski definition) is 5. The van der Waals surface area contributed by atoms with E-state index in [1.165, 1.54) is 0 Å². The van der Waals surface area contributed by atoms with Gasteiger partial charge in [-0.05, 0) is 24.3 Å². The topological polar surface area (TPSA) is 68.9 Å². The molecule has 0 bridgehead atoms. The summed E-state index contributed by atoms with van der Waals surface area (Å²) in [5.41, 5.74) is 1.46. The van der Waals surface area contributed by atoms with E-state index in [9.17, 15) is 5.26 Å². The standard InChI is InChI=1S/C15H17N3OS/c16-11-13-10-12-4-1-2-5-14(12)18-15(13)17-6-9-20-8-3-7-19/h1-2,4-5,10,19H,3,6-9H2,(H,17,18). The summed E-state index contributed by atoms with van der Waals surface area (Å²) < 4.78 is 0. The summed E-state index contributed by atoms with van der Waals surface area (Å²) in [6.07, 6.45) is 0.822. The van der Waals surface area contributed by atoms with Crippen molar-refractivity contribution in [2.75, 3.05) is 30.0 Å². The van der Waals surface area contributed by atoms with E-state index in [2.05, 4.69) is 16.4 Å². The molecule has 0 saturated heterocycles. The number of para-hydroxylation sites is 1. The zero-order valence-electron chi connectivity index (χ0n) is 11.2. The van der Waals surface area contributed by atoms with Gasteiger partial charge in [0.05, 0.1) is 11.1 Å². The molecule has 104 valence electrons. The molecule has 0 radical (unpaired) electrons. The van der Waals surface area contributed by atoms with Crippen LogP contribution in [0.3, 0.4) is 0 Å². The number of nitriles is 1. The first-order chi connectivity index (χ1) is 9.85. The van der Waals surface area contributed by atoms with Crippen molar-refractivity contribution in [3.05, 3.63) is 35.9 Å². The Kier molecular flexibility index (Phi) is 5.66. The van der Waals surface area contributed by atoms with Crippen LogP contribution in [0, 0.1) is 11.3 Å². The van der Waals surface area contributed by atoms with Crippen molar-refractivity contribution in [2.24, 2.45) is 0 Å². The molecular weight excluding hydrogens is 270 g/mol. The predicted molar refractivity (Wildman–Crippen MR) is 84.0 cm³/mol. The molecule has 1 heterocycles. The molecule has 0 amide bonds. The first kappa shape index (κ1) is 14.6. The quantitative estimate of drug-likeness (QED) is 0.766. The summed E-state index contributed by atoms with van der Waals surface area (Å²) in [6, 6.07) is 11.8. The van der Waals surface area contributed by atoms with Crippen molar-refractivity contribution in [3.63, 3.8) is 0 Å². The van der Waals surface area contributed by atoms with Crippen LogP contribution in [0.5, 0.6) is 0 Å². The fraction of sp³-hybridized carbons (Fsp3) is 0.333. The molecule has 0 aliphatic rings. The molecule has 1 aromatic heterocycles. The van der Waals surface area contributed by atoms with E-state index >= 15 is 0 Å². The van der Waals surface area contributed by atoms with E-state index < -0.39 is 0 Å². The van der Waals surface area contributed by atoms with Gasteiger partial charge >= 0.3 is 0 Å². The second-order valence-corrected chi connectivity index (χ2v) is 5.53. The zero-order valence-corrected chi connectivity index (χ0v) is 12.0. The first-order valence-corrected chi connectivity index (χ1v) is 7.73. The number of fused-ring (bicyclic) bond motifs is 1. The van der Waals surface area contributed by atoms with Crippen LogP contribution < -0.4 is 5.32 Å². The molecule has 4 nitrogen and oxygen atoms in total. The van der Waals surface area contributed by atoms with Crippen LogP contribution in [0.1, 0.15) is 12.0 Å². The highest BCUT2D eigenvalue weighted by atomic mass is 32.2. The number of aliphatic hydroxyl groups is 1. The van der Waals surface area contributed by atoms with Crippen LogP contribution in [0.2, 0.25) is 0 Å². The molecule has 0 fully saturated rings. The molecule has 5 heteroatoms. The van der Waals surface area contributed by atoms with Gasteiger partial charge in [0, 0.05) is 24.3 Å². The summed E-state index contributed by atoms with van der Waals surface area (Å²) in [7, 11) is 0. The lowest BCUT2D eigenvalue weighted by molar-refractivity contribution is 0.296. The van der Waals surface area contributed by atoms with Crippen LogP contribution in [0.25, 0.3) is 10.9 Å². The first-order valence-electron chi connectivity index (χ1n) is 6.57. The van der Waals surface area contributed by atoms with Gasteiger partial charge in [0.2, 0.25) is 0 Å². The van der Waals surface area contributed by atoms with Crippen molar-refractivity contribution >= 4 is 28.5 Å². The van der Waals surface area contributed by atoms with E-state index in [0.717, 1.165) is 35.4 Å². The van der Waals surface area contributed by atoms with Gasteiger partial charge in [-0.3, -0.25) is 0 Å². The largest absolute Gasteiger partial charge is 0.396 e. The average Bonchev–Trinajstić information content (AvgIpc) is 2.50. The Morgan fingerprint density at radius 1 is 1.30 bits per heavy atom. The van der Waals surface area contributed by atoms with Crippen LogP contribution in [-0.4, -0.2) is 34.7 Å². The van der Waals surface area contributed by atoms with Crippen LogP contribution in [0.4, 0.5) is 5.82 Å². The lowest BCUT2D eigenvalue weighted by atomic mass is 10.1. The van der Waals surface area contributed by atoms with E-state index in [-0.39, 0.29) is 6.61 Å². The summed E-state index contributed by atoms with van der Waals surface area (Å²) in [5.74, 6) is 2.53. The second kappa shape index (κ2) is 7.73. The minimum absolute atomic E-state index is 0.241. The Bertz CT molecular complexity index is 610. The highest BCUT2D eigenvalue weighted by molar-refractivity contribution is 7.99. The smallest absolute Gasteiger partial charge is 0.144 e. The molecule has 0 unspecified atom stereocenters. The number of nitrogens with one attached hydrogen (secondary N) is 1. The average molecular weight is 287 g/mol. The highest BCUT2D eigenvalue weighted by Crippen LogP contribution is 2.19. The summed E-state index contributed by atoms with van der Waals surface area (Å²) in [5, 5.41) is 22.1. The fourth-order valence-electron chi connectivity index (χ4n) is 1.85. The number of pyridine rings is 1. The van der Waals surface area contributed by atoms with E-state index in [1.807, 2.05) is 30.3 Å². The third kappa shape index (κ3) is 3.86. The Balaban J connectivity index is 2.00. The van der Waals surface area contributed by atoms with Gasteiger partial charge in [0.15, 0.2) is 0 Å². The molecular formula is C15H17N3OS. The molecule has 0 aliphatic heterocycles. The summed E-state index contributed by atoms with van der Waals surface area (Å²) >= 11 is 1.78. The Labute approximate surface area is 122 Å². The van der Waals surface area contributed by atoms with Gasteiger partial charge in [0.1, 0.15) is 11.9 Å². The number of aromatic nitrogens is 1. The number of nitrogens with zero attached hydrogens (tertiary/aromatic N) is 2. The SMILES string of the molecule is N#Cc1cc2ccccc2nc1NCCSCCCO. The van der Waals surface area contributed by atoms with Crippen molar-refractivity contribution < 1.29 is 5.11 Å². The second-order valence-electron chi connectivity index (χ2n) is 4.31. The maximum Gasteiger partial charge on any atom is 0.144 e. The summed E-state index contributed by atoms with van der Waals surface area (Å²) in [4.78, 5) is 4.50. The third-order valence-electron chi connectivity index (χ3n) is 2.83. The van der Waals surface area contributed by atoms with Gasteiger partial charge < -0.3 is 10.4 Å². The number of hydrogen-bond donors (Lipinski definition) is 2. The normalized spacial score (nSPS) is 10.4. The number of aliphatic hydroxyl groups excluding tert-OH is 1. The lowest BCUT2D eigenvalue weighted by Crippen LogP contribution is -2.08. The maximum atomic E-state index is 9.19. The molecule has 2 aromatic rings. The Hall–Kier alpha value is -1.77. The van der Waals surface area contributed by atoms with Crippen molar-refractivity contribution in [3.8, 4) is 6.07 Å². The molecule has 2 rings (SSSR count). The van der Waals surface area contributed by atoms with Gasteiger partial charge in [-0.25, -0.2) is 4.98 Å². The van der Waals surface area contributed by atoms with Gasteiger partial charge in [-0.2, -0.15) is 17.0 Å². The highest BCUT2D eigenvalue weighted by Gasteiger charge is 2.05. The van der Waals surface area contributed by atoms with Crippen LogP contribution in [-0.2, 0) is 0 Å². The molecule has 1 aromatic carbocycles. The molecule has 0 atom stereocenters. The minimum atomic E-state index is 0.241. The number of thioether (sulfide) groups is 1. The van der Waals surface area contributed by atoms with Crippen molar-refractivity contribution in [1.82, 2.24) is 4.98 Å². The number of benzene rings is 1. The minimum Gasteiger partial charge on any atom is -0.396 e. The predicted octanol–water partition coefficient (Wildman–Crippen LogP) is 2.63. The Morgan fingerprint density at radius 2 is 2.15 bits per heavy atom. The van der Waals surface area contributed by atoms with Gasteiger partial charge in [-0.15, -0.1) is 0 Å². The molecule has 0 spiro atoms. The van der Waals surface area contributed by atoms with Crippen LogP contribution in [0.15, 0.2) is 30.3 Å². The van der Waals surface area contributed by atoms with Crippen molar-refractivity contribution in [2.45, 2.75) is 6.42 Å². The number of anilines is 1. The fourth-order valence-corrected chi connectivity index (χ4v) is 2.63. The van der Waals surface area contributed by atoms with Crippen LogP contribution >= 0.6 is 11.8 Å². The monoisotopic (exact) mass is 287 g/mol. The molecule has 0 saturated carbocycles. The molecule has 2 N–H and O–H groups in total. The Morgan fingerprint density at radius 3 is 2.95 bits per heavy atom. The molecule has 0 aliphatic carbocycles. The lowest BCUT2D eigenvalue weighted by Gasteiger charge is -2.08. The van der Waals surface area contributed by atoms with Crippen molar-refractivity contribution in [1.29, 1.82) is 5.26 Å². The van der Waals surface area contributed by atoms with E-state index in [0.29, 0.717) is 11.4 Å². The van der Waals surface area contributed by atoms with Gasteiger partial charge in [0.25, 0.3) is 0 Å². The van der Waals surface area contributed by atoms with E-state index in [4.69, 9.17) is 5.11 Å². The van der Waals surface area contributed by atoms with E-state index in [1.54, 1.807) is 11.8 Å². The molecule has 20 heavy (non-hydrogen) atoms.